The summed E-state index contributed by atoms with van der Waals surface area (Å²) in [5.41, 5.74) is 0. The van der Waals surface area contributed by atoms with Gasteiger partial charge < -0.3 is 24.2 Å². The predicted octanol–water partition coefficient (Wildman–Crippen LogP) is 2.66. The van der Waals surface area contributed by atoms with Crippen LogP contribution < -0.4 is 0 Å². The topological polar surface area (TPSA) is 68.2 Å². The van der Waals surface area contributed by atoms with Crippen LogP contribution in [0.2, 0.25) is 0 Å². The van der Waals surface area contributed by atoms with Crippen molar-refractivity contribution in [3.05, 3.63) is 0 Å². The summed E-state index contributed by atoms with van der Waals surface area (Å²) in [6.07, 6.45) is 3.82. The van der Waals surface area contributed by atoms with Gasteiger partial charge in [-0.25, -0.2) is 0 Å². The van der Waals surface area contributed by atoms with E-state index >= 15 is 0 Å². The third-order valence-corrected chi connectivity index (χ3v) is 2.97. The van der Waals surface area contributed by atoms with E-state index < -0.39 is 5.97 Å². The van der Waals surface area contributed by atoms with E-state index in [-0.39, 0.29) is 13.0 Å². The molecule has 0 spiro atoms. The Hall–Kier alpha value is -0.690. The van der Waals surface area contributed by atoms with Crippen LogP contribution >= 0.6 is 0 Å². The Labute approximate surface area is 142 Å². The third-order valence-electron chi connectivity index (χ3n) is 2.97. The summed E-state index contributed by atoms with van der Waals surface area (Å²) in [6, 6.07) is 0. The van der Waals surface area contributed by atoms with Crippen molar-refractivity contribution in [2.24, 2.45) is 0 Å². The van der Waals surface area contributed by atoms with E-state index in [1.54, 1.807) is 0 Å². The summed E-state index contributed by atoms with van der Waals surface area (Å²) < 4.78 is 15.9. The number of rotatable bonds is 16. The van der Waals surface area contributed by atoms with Crippen molar-refractivity contribution in [3.8, 4) is 0 Å². The number of carbonyl (C=O) groups is 1. The van der Waals surface area contributed by atoms with E-state index in [9.17, 15) is 4.79 Å². The van der Waals surface area contributed by atoms with Gasteiger partial charge in [0.25, 0.3) is 0 Å². The highest BCUT2D eigenvalue weighted by Crippen LogP contribution is 1.96. The van der Waals surface area contributed by atoms with Crippen molar-refractivity contribution >= 4 is 5.97 Å². The Bertz CT molecular complexity index is 239. The maximum absolute atomic E-state index is 10.2. The second kappa shape index (κ2) is 21.3. The van der Waals surface area contributed by atoms with Crippen molar-refractivity contribution < 1.29 is 24.1 Å². The van der Waals surface area contributed by atoms with Gasteiger partial charge in [-0.1, -0.05) is 33.6 Å². The van der Waals surface area contributed by atoms with Gasteiger partial charge in [-0.15, -0.1) is 0 Å². The second-order valence-corrected chi connectivity index (χ2v) is 4.99. The molecule has 0 bridgehead atoms. The highest BCUT2D eigenvalue weighted by Gasteiger charge is 1.98. The molecule has 0 radical (unpaired) electrons. The van der Waals surface area contributed by atoms with E-state index in [0.29, 0.717) is 26.4 Å². The molecule has 6 nitrogen and oxygen atoms in total. The maximum Gasteiger partial charge on any atom is 0.305 e. The molecule has 140 valence electrons. The summed E-state index contributed by atoms with van der Waals surface area (Å²) in [5.74, 6) is -0.844. The Morgan fingerprint density at radius 1 is 0.870 bits per heavy atom. The summed E-state index contributed by atoms with van der Waals surface area (Å²) in [4.78, 5) is 12.5. The van der Waals surface area contributed by atoms with Gasteiger partial charge in [0.15, 0.2) is 0 Å². The summed E-state index contributed by atoms with van der Waals surface area (Å²) in [6.45, 7) is 11.3. The SMILES string of the molecule is CC.CCCCCN(C)CCOCCOCCOCCC(=O)O. The standard InChI is InChI=1S/C15H31NO5.C2H6/c1-3-4-5-7-16(2)8-10-20-12-14-21-13-11-19-9-6-15(17)18;1-2/h3-14H2,1-2H3,(H,17,18);1-2H3. The largest absolute Gasteiger partial charge is 0.481 e. The average molecular weight is 335 g/mol. The van der Waals surface area contributed by atoms with Crippen LogP contribution in [0, 0.1) is 0 Å². The first-order valence-corrected chi connectivity index (χ1v) is 8.80. The van der Waals surface area contributed by atoms with Gasteiger partial charge in [-0.05, 0) is 20.0 Å². The molecular formula is C17H37NO5. The monoisotopic (exact) mass is 335 g/mol. The second-order valence-electron chi connectivity index (χ2n) is 4.99. The molecule has 0 unspecified atom stereocenters. The molecule has 0 atom stereocenters. The summed E-state index contributed by atoms with van der Waals surface area (Å²) >= 11 is 0. The molecule has 6 heteroatoms. The van der Waals surface area contributed by atoms with Crippen molar-refractivity contribution in [1.82, 2.24) is 4.90 Å². The van der Waals surface area contributed by atoms with Crippen LogP contribution in [0.5, 0.6) is 0 Å². The molecule has 0 aliphatic heterocycles. The van der Waals surface area contributed by atoms with Crippen LogP contribution in [0.3, 0.4) is 0 Å². The van der Waals surface area contributed by atoms with E-state index in [1.165, 1.54) is 19.3 Å². The Morgan fingerprint density at radius 2 is 1.39 bits per heavy atom. The van der Waals surface area contributed by atoms with Crippen LogP contribution in [0.1, 0.15) is 46.5 Å². The Morgan fingerprint density at radius 3 is 1.91 bits per heavy atom. The fraction of sp³-hybridized carbons (Fsp3) is 0.941. The first kappa shape index (κ1) is 24.6. The molecule has 0 saturated heterocycles. The van der Waals surface area contributed by atoms with Crippen LogP contribution in [-0.4, -0.2) is 75.8 Å². The third kappa shape index (κ3) is 23.7. The average Bonchev–Trinajstić information content (AvgIpc) is 2.54. The zero-order valence-corrected chi connectivity index (χ0v) is 15.5. The lowest BCUT2D eigenvalue weighted by molar-refractivity contribution is -0.138. The molecule has 0 aromatic heterocycles. The summed E-state index contributed by atoms with van der Waals surface area (Å²) in [5, 5.41) is 8.40. The molecule has 0 amide bonds. The number of likely N-dealkylation sites (N-methyl/N-ethyl adjacent to an activating group) is 1. The van der Waals surface area contributed by atoms with Crippen molar-refractivity contribution in [1.29, 1.82) is 0 Å². The van der Waals surface area contributed by atoms with Gasteiger partial charge in [0.05, 0.1) is 46.1 Å². The van der Waals surface area contributed by atoms with Gasteiger partial charge in [0.1, 0.15) is 0 Å². The highest BCUT2D eigenvalue weighted by molar-refractivity contribution is 5.66. The van der Waals surface area contributed by atoms with Crippen LogP contribution in [0.25, 0.3) is 0 Å². The van der Waals surface area contributed by atoms with Gasteiger partial charge in [-0.3, -0.25) is 4.79 Å². The number of carboxylic acids is 1. The number of hydrogen-bond donors (Lipinski definition) is 1. The van der Waals surface area contributed by atoms with Gasteiger partial charge >= 0.3 is 5.97 Å². The van der Waals surface area contributed by atoms with Gasteiger partial charge in [0.2, 0.25) is 0 Å². The number of unbranched alkanes of at least 4 members (excludes halogenated alkanes) is 2. The quantitative estimate of drug-likeness (QED) is 0.437. The molecular weight excluding hydrogens is 298 g/mol. The number of aliphatic carboxylic acids is 1. The lowest BCUT2D eigenvalue weighted by Gasteiger charge is -2.16. The van der Waals surface area contributed by atoms with E-state index in [1.807, 2.05) is 13.8 Å². The van der Waals surface area contributed by atoms with Crippen molar-refractivity contribution in [2.75, 3.05) is 59.8 Å². The lowest BCUT2D eigenvalue weighted by Crippen LogP contribution is -2.25. The van der Waals surface area contributed by atoms with Crippen molar-refractivity contribution in [2.45, 2.75) is 46.5 Å². The highest BCUT2D eigenvalue weighted by atomic mass is 16.5. The minimum atomic E-state index is -0.844. The normalized spacial score (nSPS) is 10.5. The molecule has 0 aliphatic carbocycles. The minimum Gasteiger partial charge on any atom is -0.481 e. The smallest absolute Gasteiger partial charge is 0.305 e. The van der Waals surface area contributed by atoms with E-state index in [2.05, 4.69) is 18.9 Å². The lowest BCUT2D eigenvalue weighted by atomic mass is 10.2. The number of hydrogen-bond acceptors (Lipinski definition) is 5. The number of carboxylic acid groups (broad SMARTS) is 1. The van der Waals surface area contributed by atoms with Gasteiger partial charge in [0, 0.05) is 6.54 Å². The fourth-order valence-corrected chi connectivity index (χ4v) is 1.67. The molecule has 0 heterocycles. The molecule has 0 aliphatic rings. The zero-order chi connectivity index (χ0) is 17.8. The molecule has 0 saturated carbocycles. The molecule has 1 N–H and O–H groups in total. The molecule has 0 aromatic rings. The van der Waals surface area contributed by atoms with Crippen LogP contribution in [0.15, 0.2) is 0 Å². The molecule has 0 fully saturated rings. The Kier molecular flexibility index (Phi) is 22.8. The number of nitrogens with zero attached hydrogens (tertiary/aromatic N) is 1. The first-order valence-electron chi connectivity index (χ1n) is 8.80. The van der Waals surface area contributed by atoms with E-state index in [4.69, 9.17) is 19.3 Å². The van der Waals surface area contributed by atoms with Crippen LogP contribution in [-0.2, 0) is 19.0 Å². The van der Waals surface area contributed by atoms with Crippen molar-refractivity contribution in [3.63, 3.8) is 0 Å². The maximum atomic E-state index is 10.2. The van der Waals surface area contributed by atoms with E-state index in [0.717, 1.165) is 19.7 Å². The minimum absolute atomic E-state index is 0.0366. The predicted molar refractivity (Wildman–Crippen MR) is 93.1 cm³/mol. The zero-order valence-electron chi connectivity index (χ0n) is 15.5. The molecule has 0 aromatic carbocycles. The Balaban J connectivity index is 0. The fourth-order valence-electron chi connectivity index (χ4n) is 1.67. The number of ether oxygens (including phenoxy) is 3. The summed E-state index contributed by atoms with van der Waals surface area (Å²) in [7, 11) is 2.12. The first-order chi connectivity index (χ1) is 11.2. The molecule has 23 heavy (non-hydrogen) atoms. The molecule has 0 rings (SSSR count). The van der Waals surface area contributed by atoms with Gasteiger partial charge in [-0.2, -0.15) is 0 Å². The van der Waals surface area contributed by atoms with Crippen LogP contribution in [0.4, 0.5) is 0 Å².